The first-order chi connectivity index (χ1) is 15.0. The summed E-state index contributed by atoms with van der Waals surface area (Å²) in [5.74, 6) is -2.24. The molecule has 2 aromatic heterocycles. The molecule has 13 heteroatoms. The van der Waals surface area contributed by atoms with Gasteiger partial charge in [0, 0.05) is 20.2 Å². The molecule has 32 heavy (non-hydrogen) atoms. The topological polar surface area (TPSA) is 126 Å². The predicted octanol–water partition coefficient (Wildman–Crippen LogP) is 0.354. The van der Waals surface area contributed by atoms with Gasteiger partial charge in [0.05, 0.1) is 24.9 Å². The van der Waals surface area contributed by atoms with Crippen LogP contribution >= 0.6 is 0 Å². The van der Waals surface area contributed by atoms with Gasteiger partial charge in [-0.1, -0.05) is 6.92 Å². The van der Waals surface area contributed by atoms with E-state index in [9.17, 15) is 27.2 Å². The summed E-state index contributed by atoms with van der Waals surface area (Å²) < 4.78 is 48.5. The van der Waals surface area contributed by atoms with Crippen LogP contribution in [0.5, 0.6) is 5.75 Å². The Balaban J connectivity index is 2.12. The number of carbonyl (C=O) groups excluding carboxylic acids is 1. The molecule has 0 atom stereocenters. The maximum atomic E-state index is 14.3. The minimum atomic E-state index is -4.15. The van der Waals surface area contributed by atoms with E-state index in [4.69, 9.17) is 4.74 Å². The summed E-state index contributed by atoms with van der Waals surface area (Å²) in [5, 5.41) is 0. The van der Waals surface area contributed by atoms with Crippen molar-refractivity contribution in [2.24, 2.45) is 14.1 Å². The van der Waals surface area contributed by atoms with Crippen LogP contribution in [0.1, 0.15) is 13.3 Å². The Morgan fingerprint density at radius 3 is 2.50 bits per heavy atom. The number of aromatic nitrogens is 4. The lowest BCUT2D eigenvalue weighted by Crippen LogP contribution is -2.41. The highest BCUT2D eigenvalue weighted by Crippen LogP contribution is 2.26. The van der Waals surface area contributed by atoms with E-state index in [2.05, 4.69) is 4.98 Å². The van der Waals surface area contributed by atoms with Gasteiger partial charge in [-0.05, 0) is 18.6 Å². The van der Waals surface area contributed by atoms with E-state index in [1.165, 1.54) is 39.7 Å². The molecule has 0 spiro atoms. The molecule has 0 aliphatic heterocycles. The number of rotatable bonds is 7. The van der Waals surface area contributed by atoms with E-state index in [0.29, 0.717) is 4.31 Å². The first kappa shape index (κ1) is 23.2. The third kappa shape index (κ3) is 3.90. The van der Waals surface area contributed by atoms with Crippen LogP contribution in [0.25, 0.3) is 11.2 Å². The van der Waals surface area contributed by atoms with Crippen molar-refractivity contribution in [1.29, 1.82) is 0 Å². The summed E-state index contributed by atoms with van der Waals surface area (Å²) in [6.45, 7) is 1.04. The molecular formula is C19H22FN5O6S. The van der Waals surface area contributed by atoms with Gasteiger partial charge in [0.1, 0.15) is 6.54 Å². The molecule has 1 aromatic carbocycles. The average Bonchev–Trinajstić information content (AvgIpc) is 3.14. The molecular weight excluding hydrogens is 445 g/mol. The summed E-state index contributed by atoms with van der Waals surface area (Å²) in [6, 6.07) is 3.35. The van der Waals surface area contributed by atoms with Crippen molar-refractivity contribution >= 4 is 32.8 Å². The number of anilines is 1. The maximum absolute atomic E-state index is 14.3. The molecule has 0 radical (unpaired) electrons. The summed E-state index contributed by atoms with van der Waals surface area (Å²) in [6.07, 6.45) is 1.39. The SMILES string of the molecule is CCCS(=O)(=O)N(C(=O)Cn1cnc2c1c(=O)n(C)c(=O)n2C)c1ccc(OC)c(F)c1. The number of fused-ring (bicyclic) bond motifs is 1. The summed E-state index contributed by atoms with van der Waals surface area (Å²) in [7, 11) is -0.193. The second kappa shape index (κ2) is 8.57. The van der Waals surface area contributed by atoms with Gasteiger partial charge < -0.3 is 9.30 Å². The zero-order valence-corrected chi connectivity index (χ0v) is 18.7. The number of nitrogens with zero attached hydrogens (tertiary/aromatic N) is 5. The fraction of sp³-hybridized carbons (Fsp3) is 0.368. The molecule has 1 amide bonds. The van der Waals surface area contributed by atoms with Crippen LogP contribution in [0.15, 0.2) is 34.1 Å². The number of hydrogen-bond acceptors (Lipinski definition) is 7. The summed E-state index contributed by atoms with van der Waals surface area (Å²) in [5.41, 5.74) is -1.49. The number of imidazole rings is 1. The number of hydrogen-bond donors (Lipinski definition) is 0. The first-order valence-electron chi connectivity index (χ1n) is 9.53. The van der Waals surface area contributed by atoms with E-state index in [-0.39, 0.29) is 34.8 Å². The molecule has 11 nitrogen and oxygen atoms in total. The number of halogens is 1. The van der Waals surface area contributed by atoms with E-state index < -0.39 is 39.5 Å². The minimum Gasteiger partial charge on any atom is -0.494 e. The Labute approximate surface area is 182 Å². The molecule has 0 unspecified atom stereocenters. The molecule has 0 bridgehead atoms. The normalized spacial score (nSPS) is 11.7. The Morgan fingerprint density at radius 1 is 1.22 bits per heavy atom. The third-order valence-corrected chi connectivity index (χ3v) is 6.75. The monoisotopic (exact) mass is 467 g/mol. The highest BCUT2D eigenvalue weighted by Gasteiger charge is 2.30. The number of aryl methyl sites for hydroxylation is 1. The number of amides is 1. The van der Waals surface area contributed by atoms with Gasteiger partial charge in [-0.25, -0.2) is 26.9 Å². The number of carbonyl (C=O) groups is 1. The number of benzene rings is 1. The van der Waals surface area contributed by atoms with E-state index in [1.807, 2.05) is 0 Å². The lowest BCUT2D eigenvalue weighted by Gasteiger charge is -2.23. The number of methoxy groups -OCH3 is 1. The maximum Gasteiger partial charge on any atom is 0.332 e. The molecule has 0 aliphatic rings. The molecule has 0 N–H and O–H groups in total. The van der Waals surface area contributed by atoms with Crippen molar-refractivity contribution in [2.45, 2.75) is 19.9 Å². The zero-order valence-electron chi connectivity index (χ0n) is 17.9. The standard InChI is InChI=1S/C19H22FN5O6S/c1-5-8-32(29,30)25(12-6-7-14(31-4)13(20)9-12)15(26)10-24-11-21-17-16(24)18(27)23(3)19(28)22(17)2/h6-7,9,11H,5,8,10H2,1-4H3. The lowest BCUT2D eigenvalue weighted by molar-refractivity contribution is -0.117. The Bertz CT molecular complexity index is 1420. The van der Waals surface area contributed by atoms with Gasteiger partial charge in [-0.15, -0.1) is 0 Å². The molecule has 0 fully saturated rings. The zero-order chi connectivity index (χ0) is 23.8. The third-order valence-electron chi connectivity index (χ3n) is 4.86. The van der Waals surface area contributed by atoms with Crippen LogP contribution in [-0.2, 0) is 35.5 Å². The molecule has 0 aliphatic carbocycles. The van der Waals surface area contributed by atoms with Crippen LogP contribution in [0.4, 0.5) is 10.1 Å². The van der Waals surface area contributed by atoms with Crippen molar-refractivity contribution in [3.8, 4) is 5.75 Å². The van der Waals surface area contributed by atoms with E-state index in [1.54, 1.807) is 6.92 Å². The second-order valence-corrected chi connectivity index (χ2v) is 8.98. The predicted molar refractivity (Wildman–Crippen MR) is 115 cm³/mol. The van der Waals surface area contributed by atoms with Gasteiger partial charge in [0.15, 0.2) is 22.7 Å². The van der Waals surface area contributed by atoms with Gasteiger partial charge in [0.25, 0.3) is 11.5 Å². The van der Waals surface area contributed by atoms with Crippen LogP contribution in [0, 0.1) is 5.82 Å². The largest absolute Gasteiger partial charge is 0.494 e. The molecule has 172 valence electrons. The van der Waals surface area contributed by atoms with Crippen molar-refractivity contribution in [2.75, 3.05) is 17.2 Å². The quantitative estimate of drug-likeness (QED) is 0.491. The van der Waals surface area contributed by atoms with Crippen LogP contribution < -0.4 is 20.3 Å². The van der Waals surface area contributed by atoms with Crippen molar-refractivity contribution in [3.63, 3.8) is 0 Å². The highest BCUT2D eigenvalue weighted by atomic mass is 32.2. The van der Waals surface area contributed by atoms with Gasteiger partial charge in [0.2, 0.25) is 10.0 Å². The van der Waals surface area contributed by atoms with Crippen molar-refractivity contribution < 1.29 is 22.3 Å². The van der Waals surface area contributed by atoms with Crippen LogP contribution in [0.3, 0.4) is 0 Å². The van der Waals surface area contributed by atoms with Gasteiger partial charge in [-0.3, -0.25) is 18.7 Å². The van der Waals surface area contributed by atoms with Gasteiger partial charge in [-0.2, -0.15) is 0 Å². The molecule has 3 aromatic rings. The van der Waals surface area contributed by atoms with Crippen molar-refractivity contribution in [1.82, 2.24) is 18.7 Å². The minimum absolute atomic E-state index is 0.0447. The molecule has 3 rings (SSSR count). The van der Waals surface area contributed by atoms with Crippen LogP contribution in [-0.4, -0.2) is 45.9 Å². The van der Waals surface area contributed by atoms with E-state index >= 15 is 0 Å². The fourth-order valence-electron chi connectivity index (χ4n) is 3.32. The molecule has 0 saturated carbocycles. The Kier molecular flexibility index (Phi) is 6.21. The Morgan fingerprint density at radius 2 is 1.91 bits per heavy atom. The molecule has 0 saturated heterocycles. The molecule has 2 heterocycles. The highest BCUT2D eigenvalue weighted by molar-refractivity contribution is 7.93. The summed E-state index contributed by atoms with van der Waals surface area (Å²) >= 11 is 0. The lowest BCUT2D eigenvalue weighted by atomic mass is 10.3. The van der Waals surface area contributed by atoms with Crippen LogP contribution in [0.2, 0.25) is 0 Å². The fourth-order valence-corrected chi connectivity index (χ4v) is 4.82. The summed E-state index contributed by atoms with van der Waals surface area (Å²) in [4.78, 5) is 41.9. The van der Waals surface area contributed by atoms with Gasteiger partial charge >= 0.3 is 5.69 Å². The number of ether oxygens (including phenoxy) is 1. The van der Waals surface area contributed by atoms with E-state index in [0.717, 1.165) is 19.8 Å². The van der Waals surface area contributed by atoms with Crippen molar-refractivity contribution in [3.05, 3.63) is 51.2 Å². The second-order valence-electron chi connectivity index (χ2n) is 7.04. The first-order valence-corrected chi connectivity index (χ1v) is 11.1. The Hall–Kier alpha value is -3.48. The average molecular weight is 467 g/mol. The smallest absolute Gasteiger partial charge is 0.332 e. The number of sulfonamides is 1.